The van der Waals surface area contributed by atoms with E-state index in [1.807, 2.05) is 32.9 Å². The molecule has 0 aromatic heterocycles. The molecule has 1 aliphatic heterocycles. The number of fused-ring (bicyclic) bond motifs is 1. The normalized spacial score (nSPS) is 17.8. The van der Waals surface area contributed by atoms with Crippen molar-refractivity contribution in [3.05, 3.63) is 29.3 Å². The summed E-state index contributed by atoms with van der Waals surface area (Å²) in [7, 11) is 0. The molecule has 0 aliphatic carbocycles. The Labute approximate surface area is 95.7 Å². The molecule has 86 valence electrons. The molecule has 1 amide bonds. The summed E-state index contributed by atoms with van der Waals surface area (Å²) in [4.78, 5) is 13.9. The van der Waals surface area contributed by atoms with Crippen LogP contribution in [0.15, 0.2) is 18.2 Å². The molecule has 1 aromatic carbocycles. The van der Waals surface area contributed by atoms with E-state index in [0.717, 1.165) is 16.8 Å². The summed E-state index contributed by atoms with van der Waals surface area (Å²) in [6.45, 7) is 6.26. The summed E-state index contributed by atoms with van der Waals surface area (Å²) in [6, 6.07) is 6.02. The van der Waals surface area contributed by atoms with Gasteiger partial charge in [-0.2, -0.15) is 0 Å². The van der Waals surface area contributed by atoms with Crippen molar-refractivity contribution in [2.45, 2.75) is 26.2 Å². The molecule has 2 rings (SSSR count). The van der Waals surface area contributed by atoms with E-state index in [0.29, 0.717) is 6.54 Å². The lowest BCUT2D eigenvalue weighted by molar-refractivity contribution is -0.122. The van der Waals surface area contributed by atoms with Crippen LogP contribution in [-0.2, 0) is 10.2 Å². The van der Waals surface area contributed by atoms with Gasteiger partial charge in [-0.05, 0) is 32.4 Å². The molecule has 1 N–H and O–H groups in total. The molecule has 0 bridgehead atoms. The summed E-state index contributed by atoms with van der Waals surface area (Å²) < 4.78 is 0. The largest absolute Gasteiger partial charge is 0.395 e. The van der Waals surface area contributed by atoms with Crippen LogP contribution in [0.3, 0.4) is 0 Å². The number of aliphatic hydroxyl groups excluding tert-OH is 1. The minimum atomic E-state index is -0.476. The average Bonchev–Trinajstić information content (AvgIpc) is 2.41. The SMILES string of the molecule is Cc1ccc2c(c1)C(C)(C)C(=O)N2CCO. The van der Waals surface area contributed by atoms with E-state index in [1.165, 1.54) is 0 Å². The van der Waals surface area contributed by atoms with Crippen LogP contribution in [0.2, 0.25) is 0 Å². The van der Waals surface area contributed by atoms with Crippen molar-refractivity contribution in [3.63, 3.8) is 0 Å². The van der Waals surface area contributed by atoms with Crippen LogP contribution in [0.4, 0.5) is 5.69 Å². The smallest absolute Gasteiger partial charge is 0.237 e. The fourth-order valence-electron chi connectivity index (χ4n) is 2.27. The lowest BCUT2D eigenvalue weighted by atomic mass is 9.85. The van der Waals surface area contributed by atoms with Crippen LogP contribution in [0, 0.1) is 6.92 Å². The topological polar surface area (TPSA) is 40.5 Å². The highest BCUT2D eigenvalue weighted by Crippen LogP contribution is 2.41. The second-order valence-electron chi connectivity index (χ2n) is 4.83. The van der Waals surface area contributed by atoms with Gasteiger partial charge in [-0.25, -0.2) is 0 Å². The van der Waals surface area contributed by atoms with Gasteiger partial charge in [-0.1, -0.05) is 17.7 Å². The molecule has 3 heteroatoms. The first kappa shape index (κ1) is 11.1. The molecule has 1 aliphatic rings. The standard InChI is InChI=1S/C13H17NO2/c1-9-4-5-11-10(8-9)13(2,3)12(16)14(11)6-7-15/h4-5,8,15H,6-7H2,1-3H3. The van der Waals surface area contributed by atoms with Crippen LogP contribution >= 0.6 is 0 Å². The quantitative estimate of drug-likeness (QED) is 0.821. The average molecular weight is 219 g/mol. The fraction of sp³-hybridized carbons (Fsp3) is 0.462. The highest BCUT2D eigenvalue weighted by Gasteiger charge is 2.43. The number of aliphatic hydroxyl groups is 1. The molecule has 0 atom stereocenters. The monoisotopic (exact) mass is 219 g/mol. The van der Waals surface area contributed by atoms with E-state index in [9.17, 15) is 4.79 Å². The number of hydrogen-bond donors (Lipinski definition) is 1. The number of carbonyl (C=O) groups excluding carboxylic acids is 1. The summed E-state index contributed by atoms with van der Waals surface area (Å²) in [5, 5.41) is 9.00. The Kier molecular flexibility index (Phi) is 2.50. The first-order valence-electron chi connectivity index (χ1n) is 5.52. The second kappa shape index (κ2) is 3.59. The number of hydrogen-bond acceptors (Lipinski definition) is 2. The van der Waals surface area contributed by atoms with Gasteiger partial charge in [0.25, 0.3) is 0 Å². The molecule has 3 nitrogen and oxygen atoms in total. The van der Waals surface area contributed by atoms with E-state index >= 15 is 0 Å². The number of anilines is 1. The highest BCUT2D eigenvalue weighted by atomic mass is 16.3. The molecular weight excluding hydrogens is 202 g/mol. The van der Waals surface area contributed by atoms with Gasteiger partial charge in [0.15, 0.2) is 0 Å². The van der Waals surface area contributed by atoms with Crippen molar-refractivity contribution in [1.82, 2.24) is 0 Å². The van der Waals surface area contributed by atoms with Gasteiger partial charge in [0, 0.05) is 12.2 Å². The zero-order valence-electron chi connectivity index (χ0n) is 9.95. The maximum atomic E-state index is 12.2. The van der Waals surface area contributed by atoms with E-state index in [4.69, 9.17) is 5.11 Å². The number of β-amino-alcohol motifs (C(OH)–C–C–N with tert-alkyl or cyclic N) is 1. The van der Waals surface area contributed by atoms with Gasteiger partial charge in [-0.3, -0.25) is 4.79 Å². The van der Waals surface area contributed by atoms with Gasteiger partial charge < -0.3 is 10.0 Å². The number of benzene rings is 1. The number of nitrogens with zero attached hydrogens (tertiary/aromatic N) is 1. The molecule has 1 heterocycles. The van der Waals surface area contributed by atoms with Gasteiger partial charge in [-0.15, -0.1) is 0 Å². The van der Waals surface area contributed by atoms with E-state index in [2.05, 4.69) is 6.07 Å². The number of carbonyl (C=O) groups is 1. The molecular formula is C13H17NO2. The third-order valence-corrected chi connectivity index (χ3v) is 3.22. The molecule has 1 aromatic rings. The van der Waals surface area contributed by atoms with Crippen molar-refractivity contribution in [2.24, 2.45) is 0 Å². The van der Waals surface area contributed by atoms with Crippen molar-refractivity contribution in [3.8, 4) is 0 Å². The molecule has 0 saturated carbocycles. The molecule has 0 unspecified atom stereocenters. The lowest BCUT2D eigenvalue weighted by Gasteiger charge is -2.19. The predicted octanol–water partition coefficient (Wildman–Crippen LogP) is 1.61. The Balaban J connectivity index is 2.55. The first-order chi connectivity index (χ1) is 7.48. The Morgan fingerprint density at radius 1 is 1.38 bits per heavy atom. The minimum Gasteiger partial charge on any atom is -0.395 e. The Bertz CT molecular complexity index is 438. The van der Waals surface area contributed by atoms with Crippen molar-refractivity contribution in [1.29, 1.82) is 0 Å². The minimum absolute atomic E-state index is 0.00482. The molecule has 0 fully saturated rings. The Morgan fingerprint density at radius 2 is 2.06 bits per heavy atom. The van der Waals surface area contributed by atoms with Crippen molar-refractivity contribution < 1.29 is 9.90 Å². The molecule has 16 heavy (non-hydrogen) atoms. The molecule has 0 saturated heterocycles. The third-order valence-electron chi connectivity index (χ3n) is 3.22. The molecule has 0 radical (unpaired) electrons. The summed E-state index contributed by atoms with van der Waals surface area (Å²) in [6.07, 6.45) is 0. The maximum Gasteiger partial charge on any atom is 0.237 e. The van der Waals surface area contributed by atoms with E-state index < -0.39 is 5.41 Å². The highest BCUT2D eigenvalue weighted by molar-refractivity contribution is 6.07. The first-order valence-corrected chi connectivity index (χ1v) is 5.52. The summed E-state index contributed by atoms with van der Waals surface area (Å²) >= 11 is 0. The van der Waals surface area contributed by atoms with Gasteiger partial charge in [0.1, 0.15) is 0 Å². The van der Waals surface area contributed by atoms with E-state index in [1.54, 1.807) is 4.90 Å². The number of rotatable bonds is 2. The molecule has 0 spiro atoms. The summed E-state index contributed by atoms with van der Waals surface area (Å²) in [5.41, 5.74) is 2.68. The van der Waals surface area contributed by atoms with Crippen LogP contribution in [0.5, 0.6) is 0 Å². The summed E-state index contributed by atoms with van der Waals surface area (Å²) in [5.74, 6) is 0.0714. The van der Waals surface area contributed by atoms with Gasteiger partial charge in [0.2, 0.25) is 5.91 Å². The zero-order valence-corrected chi connectivity index (χ0v) is 9.95. The predicted molar refractivity (Wildman–Crippen MR) is 63.6 cm³/mol. The number of amides is 1. The fourth-order valence-corrected chi connectivity index (χ4v) is 2.27. The van der Waals surface area contributed by atoms with Crippen LogP contribution in [-0.4, -0.2) is 24.2 Å². The zero-order chi connectivity index (χ0) is 11.9. The van der Waals surface area contributed by atoms with Crippen molar-refractivity contribution in [2.75, 3.05) is 18.1 Å². The van der Waals surface area contributed by atoms with Gasteiger partial charge in [0.05, 0.1) is 12.0 Å². The number of aryl methyl sites for hydroxylation is 1. The van der Waals surface area contributed by atoms with Crippen molar-refractivity contribution >= 4 is 11.6 Å². The van der Waals surface area contributed by atoms with E-state index in [-0.39, 0.29) is 12.5 Å². The van der Waals surface area contributed by atoms with Crippen LogP contribution < -0.4 is 4.90 Å². The Morgan fingerprint density at radius 3 is 2.69 bits per heavy atom. The van der Waals surface area contributed by atoms with Gasteiger partial charge >= 0.3 is 0 Å². The second-order valence-corrected chi connectivity index (χ2v) is 4.83. The third kappa shape index (κ3) is 1.43. The van der Waals surface area contributed by atoms with Crippen LogP contribution in [0.25, 0.3) is 0 Å². The lowest BCUT2D eigenvalue weighted by Crippen LogP contribution is -2.37. The maximum absolute atomic E-state index is 12.2. The van der Waals surface area contributed by atoms with Crippen LogP contribution in [0.1, 0.15) is 25.0 Å². The Hall–Kier alpha value is -1.35.